The first kappa shape index (κ1) is 15.4. The third kappa shape index (κ3) is 6.07. The Kier molecular flexibility index (Phi) is 4.94. The molecule has 0 bridgehead atoms. The molecule has 0 aromatic rings. The molecular formula is C10H22N2O3S. The number of carbonyl (C=O) groups is 1. The summed E-state index contributed by atoms with van der Waals surface area (Å²) in [5.41, 5.74) is -0.350. The van der Waals surface area contributed by atoms with Crippen molar-refractivity contribution in [1.82, 2.24) is 9.62 Å². The lowest BCUT2D eigenvalue weighted by molar-refractivity contribution is -0.122. The molecule has 0 aliphatic heterocycles. The van der Waals surface area contributed by atoms with Crippen molar-refractivity contribution < 1.29 is 13.2 Å². The molecule has 0 saturated carbocycles. The van der Waals surface area contributed by atoms with E-state index in [4.69, 9.17) is 0 Å². The lowest BCUT2D eigenvalue weighted by atomic mass is 10.1. The smallest absolute Gasteiger partial charge is 0.235 e. The van der Waals surface area contributed by atoms with E-state index in [9.17, 15) is 13.2 Å². The number of carbonyl (C=O) groups excluding carboxylic acids is 1. The summed E-state index contributed by atoms with van der Waals surface area (Å²) >= 11 is 0. The standard InChI is InChI=1S/C10H22N2O3S/c1-8(2)12(16(6,14)15)7-9(13)11-10(3,4)5/h8H,7H2,1-6H3,(H,11,13). The minimum atomic E-state index is -3.34. The fraction of sp³-hybridized carbons (Fsp3) is 0.900. The zero-order chi connectivity index (χ0) is 13.1. The predicted octanol–water partition coefficient (Wildman–Crippen LogP) is 0.571. The first-order valence-electron chi connectivity index (χ1n) is 5.21. The highest BCUT2D eigenvalue weighted by molar-refractivity contribution is 7.88. The Bertz CT molecular complexity index is 342. The van der Waals surface area contributed by atoms with Gasteiger partial charge < -0.3 is 5.32 Å². The summed E-state index contributed by atoms with van der Waals surface area (Å²) in [6, 6.07) is -0.222. The molecule has 0 unspecified atom stereocenters. The Morgan fingerprint density at radius 2 is 1.75 bits per heavy atom. The Morgan fingerprint density at radius 1 is 1.31 bits per heavy atom. The van der Waals surface area contributed by atoms with Gasteiger partial charge in [-0.1, -0.05) is 0 Å². The highest BCUT2D eigenvalue weighted by Gasteiger charge is 2.24. The van der Waals surface area contributed by atoms with E-state index in [-0.39, 0.29) is 24.0 Å². The molecule has 0 spiro atoms. The van der Waals surface area contributed by atoms with Crippen molar-refractivity contribution in [2.45, 2.75) is 46.2 Å². The first-order valence-corrected chi connectivity index (χ1v) is 7.06. The first-order chi connectivity index (χ1) is 6.93. The van der Waals surface area contributed by atoms with Crippen LogP contribution in [0.5, 0.6) is 0 Å². The van der Waals surface area contributed by atoms with Crippen molar-refractivity contribution in [3.8, 4) is 0 Å². The van der Waals surface area contributed by atoms with Crippen molar-refractivity contribution in [1.29, 1.82) is 0 Å². The molecule has 6 heteroatoms. The molecular weight excluding hydrogens is 228 g/mol. The monoisotopic (exact) mass is 250 g/mol. The maximum Gasteiger partial charge on any atom is 0.235 e. The average Bonchev–Trinajstić information content (AvgIpc) is 1.93. The van der Waals surface area contributed by atoms with Gasteiger partial charge >= 0.3 is 0 Å². The number of hydrogen-bond donors (Lipinski definition) is 1. The van der Waals surface area contributed by atoms with Crippen LogP contribution in [-0.4, -0.2) is 43.0 Å². The van der Waals surface area contributed by atoms with Gasteiger partial charge in [0.25, 0.3) is 0 Å². The van der Waals surface area contributed by atoms with Crippen molar-refractivity contribution in [3.05, 3.63) is 0 Å². The molecule has 0 saturated heterocycles. The molecule has 0 aromatic heterocycles. The third-order valence-corrected chi connectivity index (χ3v) is 3.22. The van der Waals surface area contributed by atoms with Gasteiger partial charge in [-0.15, -0.1) is 0 Å². The van der Waals surface area contributed by atoms with Gasteiger partial charge in [-0.2, -0.15) is 4.31 Å². The summed E-state index contributed by atoms with van der Waals surface area (Å²) in [5, 5.41) is 2.73. The van der Waals surface area contributed by atoms with Crippen LogP contribution in [0.3, 0.4) is 0 Å². The van der Waals surface area contributed by atoms with Crippen LogP contribution in [-0.2, 0) is 14.8 Å². The zero-order valence-corrected chi connectivity index (χ0v) is 11.7. The van der Waals surface area contributed by atoms with Crippen molar-refractivity contribution in [3.63, 3.8) is 0 Å². The fourth-order valence-corrected chi connectivity index (χ4v) is 2.40. The zero-order valence-electron chi connectivity index (χ0n) is 10.9. The molecule has 1 amide bonds. The Morgan fingerprint density at radius 3 is 2.00 bits per heavy atom. The highest BCUT2D eigenvalue weighted by Crippen LogP contribution is 2.05. The van der Waals surface area contributed by atoms with Gasteiger partial charge in [-0.25, -0.2) is 8.42 Å². The molecule has 0 aromatic carbocycles. The second-order valence-electron chi connectivity index (χ2n) is 5.20. The summed E-state index contributed by atoms with van der Waals surface area (Å²) in [6.07, 6.45) is 1.11. The van der Waals surface area contributed by atoms with Gasteiger partial charge in [0, 0.05) is 11.6 Å². The maximum absolute atomic E-state index is 11.6. The second-order valence-corrected chi connectivity index (χ2v) is 7.14. The topological polar surface area (TPSA) is 66.5 Å². The fourth-order valence-electron chi connectivity index (χ4n) is 1.28. The number of nitrogens with one attached hydrogen (secondary N) is 1. The van der Waals surface area contributed by atoms with Gasteiger partial charge in [-0.05, 0) is 34.6 Å². The van der Waals surface area contributed by atoms with E-state index in [2.05, 4.69) is 5.32 Å². The van der Waals surface area contributed by atoms with Crippen LogP contribution < -0.4 is 5.32 Å². The normalized spacial score (nSPS) is 13.2. The van der Waals surface area contributed by atoms with Crippen LogP contribution in [0.1, 0.15) is 34.6 Å². The van der Waals surface area contributed by atoms with E-state index in [0.29, 0.717) is 0 Å². The van der Waals surface area contributed by atoms with Crippen LogP contribution in [0.4, 0.5) is 0 Å². The van der Waals surface area contributed by atoms with E-state index in [1.54, 1.807) is 13.8 Å². The minimum Gasteiger partial charge on any atom is -0.350 e. The lowest BCUT2D eigenvalue weighted by Crippen LogP contribution is -2.48. The number of nitrogens with zero attached hydrogens (tertiary/aromatic N) is 1. The summed E-state index contributed by atoms with van der Waals surface area (Å²) < 4.78 is 24.0. The summed E-state index contributed by atoms with van der Waals surface area (Å²) in [4.78, 5) is 11.6. The molecule has 0 aliphatic rings. The van der Waals surface area contributed by atoms with Crippen LogP contribution in [0.2, 0.25) is 0 Å². The molecule has 16 heavy (non-hydrogen) atoms. The molecule has 5 nitrogen and oxygen atoms in total. The van der Waals surface area contributed by atoms with E-state index < -0.39 is 10.0 Å². The quantitative estimate of drug-likeness (QED) is 0.793. The van der Waals surface area contributed by atoms with Gasteiger partial charge in [0.2, 0.25) is 15.9 Å². The average molecular weight is 250 g/mol. The van der Waals surface area contributed by atoms with Crippen molar-refractivity contribution in [2.75, 3.05) is 12.8 Å². The molecule has 0 rings (SSSR count). The molecule has 0 aliphatic carbocycles. The lowest BCUT2D eigenvalue weighted by Gasteiger charge is -2.26. The van der Waals surface area contributed by atoms with Crippen LogP contribution in [0.15, 0.2) is 0 Å². The molecule has 1 N–H and O–H groups in total. The second kappa shape index (κ2) is 5.14. The molecule has 0 heterocycles. The maximum atomic E-state index is 11.6. The van der Waals surface area contributed by atoms with Gasteiger partial charge in [0.1, 0.15) is 0 Å². The Hall–Kier alpha value is -0.620. The number of amides is 1. The van der Waals surface area contributed by atoms with Gasteiger partial charge in [0.15, 0.2) is 0 Å². The largest absolute Gasteiger partial charge is 0.350 e. The number of rotatable bonds is 4. The van der Waals surface area contributed by atoms with Gasteiger partial charge in [-0.3, -0.25) is 4.79 Å². The van der Waals surface area contributed by atoms with Gasteiger partial charge in [0.05, 0.1) is 12.8 Å². The summed E-state index contributed by atoms with van der Waals surface area (Å²) in [6.45, 7) is 8.91. The molecule has 0 atom stereocenters. The molecule has 0 radical (unpaired) electrons. The van der Waals surface area contributed by atoms with Crippen molar-refractivity contribution >= 4 is 15.9 Å². The number of sulfonamides is 1. The Balaban J connectivity index is 4.62. The van der Waals surface area contributed by atoms with E-state index in [1.807, 2.05) is 20.8 Å². The van der Waals surface area contributed by atoms with Crippen molar-refractivity contribution in [2.24, 2.45) is 0 Å². The third-order valence-electron chi connectivity index (χ3n) is 1.82. The highest BCUT2D eigenvalue weighted by atomic mass is 32.2. The molecule has 0 fully saturated rings. The Labute approximate surface area is 98.3 Å². The van der Waals surface area contributed by atoms with E-state index >= 15 is 0 Å². The van der Waals surface area contributed by atoms with Crippen LogP contribution in [0.25, 0.3) is 0 Å². The van der Waals surface area contributed by atoms with Crippen LogP contribution >= 0.6 is 0 Å². The predicted molar refractivity (Wildman–Crippen MR) is 64.6 cm³/mol. The summed E-state index contributed by atoms with van der Waals surface area (Å²) in [5.74, 6) is -0.286. The minimum absolute atomic E-state index is 0.131. The summed E-state index contributed by atoms with van der Waals surface area (Å²) in [7, 11) is -3.34. The van der Waals surface area contributed by atoms with E-state index in [0.717, 1.165) is 6.26 Å². The molecule has 96 valence electrons. The SMILES string of the molecule is CC(C)N(CC(=O)NC(C)(C)C)S(C)(=O)=O. The number of hydrogen-bond acceptors (Lipinski definition) is 3. The van der Waals surface area contributed by atoms with Crippen LogP contribution in [0, 0.1) is 0 Å². The van der Waals surface area contributed by atoms with E-state index in [1.165, 1.54) is 4.31 Å².